The fraction of sp³-hybridized carbons (Fsp3) is 0.533. The van der Waals surface area contributed by atoms with Gasteiger partial charge in [-0.25, -0.2) is 0 Å². The van der Waals surface area contributed by atoms with Crippen LogP contribution in [0.4, 0.5) is 0 Å². The molecule has 2 aliphatic rings. The van der Waals surface area contributed by atoms with Gasteiger partial charge in [0, 0.05) is 16.9 Å². The van der Waals surface area contributed by atoms with Crippen LogP contribution >= 0.6 is 15.9 Å². The maximum absolute atomic E-state index is 12.2. The van der Waals surface area contributed by atoms with Gasteiger partial charge in [0.2, 0.25) is 0 Å². The number of hydrogen-bond acceptors (Lipinski definition) is 1. The van der Waals surface area contributed by atoms with Crippen molar-refractivity contribution >= 4 is 21.8 Å². The van der Waals surface area contributed by atoms with Gasteiger partial charge in [0.15, 0.2) is 0 Å². The molecule has 3 rings (SSSR count). The number of alkyl halides is 1. The molecule has 0 saturated heterocycles. The largest absolute Gasteiger partial charge is 0.349 e. The van der Waals surface area contributed by atoms with Gasteiger partial charge < -0.3 is 5.32 Å². The highest BCUT2D eigenvalue weighted by Crippen LogP contribution is 2.44. The van der Waals surface area contributed by atoms with Crippen molar-refractivity contribution in [1.82, 2.24) is 5.32 Å². The first-order valence-corrected chi connectivity index (χ1v) is 7.86. The number of halogens is 1. The maximum Gasteiger partial charge on any atom is 0.251 e. The van der Waals surface area contributed by atoms with E-state index in [0.29, 0.717) is 6.04 Å². The Balaban J connectivity index is 1.65. The summed E-state index contributed by atoms with van der Waals surface area (Å²) in [5, 5.41) is 4.08. The molecule has 0 radical (unpaired) electrons. The number of carbonyl (C=O) groups excluding carboxylic acids is 1. The van der Waals surface area contributed by atoms with Gasteiger partial charge in [0.25, 0.3) is 5.91 Å². The molecule has 1 N–H and O–H groups in total. The Morgan fingerprint density at radius 1 is 1.17 bits per heavy atom. The minimum Gasteiger partial charge on any atom is -0.349 e. The Morgan fingerprint density at radius 3 is 2.17 bits per heavy atom. The predicted octanol–water partition coefficient (Wildman–Crippen LogP) is 3.50. The molecule has 2 nitrogen and oxygen atoms in total. The summed E-state index contributed by atoms with van der Waals surface area (Å²) >= 11 is 3.41. The lowest BCUT2D eigenvalue weighted by molar-refractivity contribution is 0.0926. The third-order valence-electron chi connectivity index (χ3n) is 3.93. The highest BCUT2D eigenvalue weighted by molar-refractivity contribution is 9.08. The fourth-order valence-electron chi connectivity index (χ4n) is 2.51. The Morgan fingerprint density at radius 2 is 1.72 bits per heavy atom. The van der Waals surface area contributed by atoms with Crippen LogP contribution in [0.1, 0.15) is 41.6 Å². The van der Waals surface area contributed by atoms with Crippen LogP contribution in [0, 0.1) is 11.8 Å². The number of hydrogen-bond donors (Lipinski definition) is 1. The molecule has 0 spiro atoms. The lowest BCUT2D eigenvalue weighted by Crippen LogP contribution is -2.38. The van der Waals surface area contributed by atoms with Gasteiger partial charge in [-0.15, -0.1) is 0 Å². The Labute approximate surface area is 116 Å². The van der Waals surface area contributed by atoms with Crippen LogP contribution in [0.15, 0.2) is 24.3 Å². The van der Waals surface area contributed by atoms with E-state index in [9.17, 15) is 4.79 Å². The molecule has 0 aliphatic heterocycles. The van der Waals surface area contributed by atoms with Crippen LogP contribution in [0.25, 0.3) is 0 Å². The molecule has 2 saturated carbocycles. The van der Waals surface area contributed by atoms with Crippen molar-refractivity contribution in [2.75, 3.05) is 0 Å². The van der Waals surface area contributed by atoms with E-state index in [-0.39, 0.29) is 5.91 Å². The van der Waals surface area contributed by atoms with Crippen molar-refractivity contribution in [3.05, 3.63) is 35.4 Å². The zero-order valence-electron chi connectivity index (χ0n) is 10.4. The average molecular weight is 308 g/mol. The standard InChI is InChI=1S/C15H18BrNO/c16-9-10-1-3-13(4-2-10)15(18)17-14(11-5-6-11)12-7-8-12/h1-4,11-12,14H,5-9H2,(H,17,18). The smallest absolute Gasteiger partial charge is 0.251 e. The number of benzene rings is 1. The molecule has 0 bridgehead atoms. The monoisotopic (exact) mass is 307 g/mol. The first kappa shape index (κ1) is 12.2. The first-order valence-electron chi connectivity index (χ1n) is 6.73. The van der Waals surface area contributed by atoms with E-state index in [2.05, 4.69) is 21.2 Å². The van der Waals surface area contributed by atoms with Gasteiger partial charge >= 0.3 is 0 Å². The number of nitrogens with one attached hydrogen (secondary N) is 1. The average Bonchev–Trinajstić information content (AvgIpc) is 3.29. The molecule has 0 aromatic heterocycles. The topological polar surface area (TPSA) is 29.1 Å². The summed E-state index contributed by atoms with van der Waals surface area (Å²) in [7, 11) is 0. The summed E-state index contributed by atoms with van der Waals surface area (Å²) in [5.74, 6) is 1.60. The third-order valence-corrected chi connectivity index (χ3v) is 4.58. The van der Waals surface area contributed by atoms with Crippen LogP contribution in [-0.4, -0.2) is 11.9 Å². The first-order chi connectivity index (χ1) is 8.78. The normalized spacial score (nSPS) is 19.0. The van der Waals surface area contributed by atoms with Gasteiger partial charge in [-0.2, -0.15) is 0 Å². The zero-order valence-corrected chi connectivity index (χ0v) is 11.9. The van der Waals surface area contributed by atoms with Gasteiger partial charge in [-0.3, -0.25) is 4.79 Å². The molecule has 2 aliphatic carbocycles. The van der Waals surface area contributed by atoms with Gasteiger partial charge in [0.1, 0.15) is 0 Å². The molecule has 1 aromatic carbocycles. The Hall–Kier alpha value is -0.830. The van der Waals surface area contributed by atoms with Gasteiger partial charge in [-0.05, 0) is 55.2 Å². The summed E-state index contributed by atoms with van der Waals surface area (Å²) in [5.41, 5.74) is 1.98. The van der Waals surface area contributed by atoms with Crippen LogP contribution in [0.3, 0.4) is 0 Å². The van der Waals surface area contributed by atoms with E-state index < -0.39 is 0 Å². The van der Waals surface area contributed by atoms with Crippen LogP contribution in [-0.2, 0) is 5.33 Å². The molecular weight excluding hydrogens is 290 g/mol. The molecule has 96 valence electrons. The summed E-state index contributed by atoms with van der Waals surface area (Å²) < 4.78 is 0. The van der Waals surface area contributed by atoms with Gasteiger partial charge in [-0.1, -0.05) is 28.1 Å². The number of amides is 1. The Kier molecular flexibility index (Phi) is 3.42. The molecule has 3 heteroatoms. The molecule has 2 fully saturated rings. The van der Waals surface area contributed by atoms with Crippen molar-refractivity contribution in [3.63, 3.8) is 0 Å². The van der Waals surface area contributed by atoms with Crippen LogP contribution in [0.5, 0.6) is 0 Å². The lowest BCUT2D eigenvalue weighted by atomic mass is 10.1. The fourth-order valence-corrected chi connectivity index (χ4v) is 2.89. The quantitative estimate of drug-likeness (QED) is 0.829. The highest BCUT2D eigenvalue weighted by atomic mass is 79.9. The van der Waals surface area contributed by atoms with Crippen molar-refractivity contribution in [3.8, 4) is 0 Å². The summed E-state index contributed by atoms with van der Waals surface area (Å²) in [6.45, 7) is 0. The summed E-state index contributed by atoms with van der Waals surface area (Å²) in [6, 6.07) is 8.29. The molecule has 0 atom stereocenters. The number of carbonyl (C=O) groups is 1. The third kappa shape index (κ3) is 2.77. The van der Waals surface area contributed by atoms with Crippen molar-refractivity contribution in [1.29, 1.82) is 0 Å². The molecule has 0 unspecified atom stereocenters. The lowest BCUT2D eigenvalue weighted by Gasteiger charge is -2.17. The van der Waals surface area contributed by atoms with Crippen molar-refractivity contribution in [2.45, 2.75) is 37.1 Å². The number of rotatable bonds is 5. The predicted molar refractivity (Wildman–Crippen MR) is 75.8 cm³/mol. The summed E-state index contributed by atoms with van der Waals surface area (Å²) in [4.78, 5) is 12.2. The summed E-state index contributed by atoms with van der Waals surface area (Å²) in [6.07, 6.45) is 5.18. The van der Waals surface area contributed by atoms with E-state index in [4.69, 9.17) is 0 Å². The molecular formula is C15H18BrNO. The van der Waals surface area contributed by atoms with Crippen molar-refractivity contribution < 1.29 is 4.79 Å². The molecule has 1 amide bonds. The van der Waals surface area contributed by atoms with Crippen LogP contribution in [0.2, 0.25) is 0 Å². The molecule has 1 aromatic rings. The minimum absolute atomic E-state index is 0.0972. The van der Waals surface area contributed by atoms with E-state index in [1.54, 1.807) is 0 Å². The molecule has 0 heterocycles. The van der Waals surface area contributed by atoms with E-state index in [1.807, 2.05) is 24.3 Å². The molecule has 18 heavy (non-hydrogen) atoms. The van der Waals surface area contributed by atoms with Gasteiger partial charge in [0.05, 0.1) is 0 Å². The maximum atomic E-state index is 12.2. The van der Waals surface area contributed by atoms with Crippen molar-refractivity contribution in [2.24, 2.45) is 11.8 Å². The highest BCUT2D eigenvalue weighted by Gasteiger charge is 2.42. The van der Waals surface area contributed by atoms with E-state index in [1.165, 1.54) is 31.2 Å². The van der Waals surface area contributed by atoms with E-state index in [0.717, 1.165) is 22.7 Å². The SMILES string of the molecule is O=C(NC(C1CC1)C1CC1)c1ccc(CBr)cc1. The van der Waals surface area contributed by atoms with Crippen LogP contribution < -0.4 is 5.32 Å². The second-order valence-electron chi connectivity index (χ2n) is 5.50. The zero-order chi connectivity index (χ0) is 12.5. The Bertz CT molecular complexity index is 422. The minimum atomic E-state index is 0.0972. The van der Waals surface area contributed by atoms with E-state index >= 15 is 0 Å². The second-order valence-corrected chi connectivity index (χ2v) is 6.07. The second kappa shape index (κ2) is 5.04.